The molecule has 0 nitrogen and oxygen atoms in total. The fraction of sp³-hybridized carbons (Fsp3) is 0. The van der Waals surface area contributed by atoms with Crippen LogP contribution >= 0.6 is 0 Å². The van der Waals surface area contributed by atoms with Crippen LogP contribution in [0.2, 0.25) is 0 Å². The maximum Gasteiger partial charge on any atom is 0 e. The number of hydrogen-bond donors (Lipinski definition) is 0. The summed E-state index contributed by atoms with van der Waals surface area (Å²) in [6, 6.07) is 8.02. The normalized spacial score (nSPS) is 8.00. The predicted octanol–water partition coefficient (Wildman–Crippen LogP) is 2.59. The zero-order chi connectivity index (χ0) is 7.40. The Morgan fingerprint density at radius 3 is 1.55 bits per heavy atom. The van der Waals surface area contributed by atoms with Gasteiger partial charge in [0.15, 0.2) is 0 Å². The van der Waals surface area contributed by atoms with E-state index < -0.39 is 0 Å². The Morgan fingerprint density at radius 2 is 1.27 bits per heavy atom. The maximum atomic E-state index is 3.69. The summed E-state index contributed by atoms with van der Waals surface area (Å²) in [6.07, 6.45) is 3.66. The van der Waals surface area contributed by atoms with Gasteiger partial charge in [0.05, 0.1) is 0 Å². The van der Waals surface area contributed by atoms with E-state index in [2.05, 4.69) is 13.2 Å². The molecule has 11 heavy (non-hydrogen) atoms. The Balaban J connectivity index is 0.000001000. The first-order valence-corrected chi connectivity index (χ1v) is 3.22. The summed E-state index contributed by atoms with van der Waals surface area (Å²) in [7, 11) is 0. The molecule has 0 amide bonds. The number of rotatable bonds is 2. The van der Waals surface area contributed by atoms with Crippen LogP contribution in [-0.4, -0.2) is 18.9 Å². The SMILES string of the molecule is C=Cc1ccccc1C=C.[Li]. The van der Waals surface area contributed by atoms with E-state index in [4.69, 9.17) is 0 Å². The second kappa shape index (κ2) is 5.02. The molecule has 0 spiro atoms. The molecule has 0 bridgehead atoms. The molecular weight excluding hydrogens is 127 g/mol. The third-order valence-electron chi connectivity index (χ3n) is 1.44. The molecule has 1 heteroatoms. The summed E-state index contributed by atoms with van der Waals surface area (Å²) < 4.78 is 0. The van der Waals surface area contributed by atoms with E-state index in [0.29, 0.717) is 0 Å². The molecule has 0 atom stereocenters. The van der Waals surface area contributed by atoms with Crippen molar-refractivity contribution < 1.29 is 0 Å². The molecule has 1 aromatic carbocycles. The molecule has 0 saturated heterocycles. The molecule has 0 aromatic heterocycles. The average molecular weight is 137 g/mol. The fourth-order valence-electron chi connectivity index (χ4n) is 0.883. The van der Waals surface area contributed by atoms with Crippen LogP contribution in [0.1, 0.15) is 11.1 Å². The minimum atomic E-state index is 0. The third-order valence-corrected chi connectivity index (χ3v) is 1.44. The molecule has 51 valence electrons. The smallest absolute Gasteiger partial charge is 0 e. The molecule has 0 fully saturated rings. The first kappa shape index (κ1) is 10.3. The summed E-state index contributed by atoms with van der Waals surface area (Å²) in [5.74, 6) is 0. The van der Waals surface area contributed by atoms with E-state index in [1.165, 1.54) is 0 Å². The first-order chi connectivity index (χ1) is 4.88. The molecule has 0 unspecified atom stereocenters. The van der Waals surface area contributed by atoms with Crippen LogP contribution < -0.4 is 0 Å². The van der Waals surface area contributed by atoms with Crippen molar-refractivity contribution in [3.63, 3.8) is 0 Å². The first-order valence-electron chi connectivity index (χ1n) is 3.22. The van der Waals surface area contributed by atoms with E-state index >= 15 is 0 Å². The summed E-state index contributed by atoms with van der Waals surface area (Å²) in [6.45, 7) is 7.38. The topological polar surface area (TPSA) is 0 Å². The average Bonchev–Trinajstić information content (AvgIpc) is 2.04. The molecule has 0 aliphatic carbocycles. The fourth-order valence-corrected chi connectivity index (χ4v) is 0.883. The Hall–Kier alpha value is -0.703. The summed E-state index contributed by atoms with van der Waals surface area (Å²) in [5.41, 5.74) is 2.27. The van der Waals surface area contributed by atoms with Crippen LogP contribution in [0.4, 0.5) is 0 Å². The van der Waals surface area contributed by atoms with E-state index in [0.717, 1.165) is 11.1 Å². The summed E-state index contributed by atoms with van der Waals surface area (Å²) >= 11 is 0. The molecule has 0 aliphatic rings. The van der Waals surface area contributed by atoms with Crippen molar-refractivity contribution >= 4 is 31.0 Å². The van der Waals surface area contributed by atoms with E-state index in [1.54, 1.807) is 0 Å². The molecule has 0 saturated carbocycles. The van der Waals surface area contributed by atoms with Crippen LogP contribution in [0.25, 0.3) is 12.2 Å². The Bertz CT molecular complexity index is 224. The number of benzene rings is 1. The van der Waals surface area contributed by atoms with Crippen molar-refractivity contribution in [2.75, 3.05) is 0 Å². The Morgan fingerprint density at radius 1 is 0.909 bits per heavy atom. The van der Waals surface area contributed by atoms with Gasteiger partial charge in [-0.15, -0.1) is 0 Å². The third kappa shape index (κ3) is 2.42. The monoisotopic (exact) mass is 137 g/mol. The largest absolute Gasteiger partial charge is 0.0984 e. The zero-order valence-electron chi connectivity index (χ0n) is 6.88. The Kier molecular flexibility index (Phi) is 4.69. The van der Waals surface area contributed by atoms with Crippen LogP contribution in [0.15, 0.2) is 37.4 Å². The van der Waals surface area contributed by atoms with Crippen molar-refractivity contribution in [3.05, 3.63) is 48.6 Å². The van der Waals surface area contributed by atoms with Crippen molar-refractivity contribution in [2.45, 2.75) is 0 Å². The molecule has 0 N–H and O–H groups in total. The quantitative estimate of drug-likeness (QED) is 0.549. The van der Waals surface area contributed by atoms with Crippen molar-refractivity contribution in [1.29, 1.82) is 0 Å². The predicted molar refractivity (Wildman–Crippen MR) is 52.4 cm³/mol. The van der Waals surface area contributed by atoms with Crippen LogP contribution in [-0.2, 0) is 0 Å². The van der Waals surface area contributed by atoms with Gasteiger partial charge in [0.2, 0.25) is 0 Å². The van der Waals surface area contributed by atoms with Crippen LogP contribution in [0, 0.1) is 0 Å². The molecule has 0 aliphatic heterocycles. The zero-order valence-corrected chi connectivity index (χ0v) is 6.88. The summed E-state index contributed by atoms with van der Waals surface area (Å²) in [4.78, 5) is 0. The molecule has 1 radical (unpaired) electrons. The number of hydrogen-bond acceptors (Lipinski definition) is 0. The van der Waals surface area contributed by atoms with Crippen molar-refractivity contribution in [1.82, 2.24) is 0 Å². The second-order valence-corrected chi connectivity index (χ2v) is 2.04. The molecular formula is C10H10Li. The van der Waals surface area contributed by atoms with E-state index in [1.807, 2.05) is 36.4 Å². The van der Waals surface area contributed by atoms with Crippen molar-refractivity contribution in [2.24, 2.45) is 0 Å². The van der Waals surface area contributed by atoms with Gasteiger partial charge in [0.1, 0.15) is 0 Å². The van der Waals surface area contributed by atoms with Gasteiger partial charge < -0.3 is 0 Å². The maximum absolute atomic E-state index is 3.69. The Labute approximate surface area is 79.8 Å². The van der Waals surface area contributed by atoms with E-state index in [-0.39, 0.29) is 18.9 Å². The molecule has 1 aromatic rings. The van der Waals surface area contributed by atoms with Gasteiger partial charge in [0, 0.05) is 18.9 Å². The van der Waals surface area contributed by atoms with Crippen LogP contribution in [0.5, 0.6) is 0 Å². The van der Waals surface area contributed by atoms with Crippen LogP contribution in [0.3, 0.4) is 0 Å². The van der Waals surface area contributed by atoms with Gasteiger partial charge in [-0.1, -0.05) is 49.6 Å². The minimum Gasteiger partial charge on any atom is -0.0984 e. The van der Waals surface area contributed by atoms with Gasteiger partial charge in [-0.3, -0.25) is 0 Å². The van der Waals surface area contributed by atoms with Gasteiger partial charge >= 0.3 is 0 Å². The van der Waals surface area contributed by atoms with Gasteiger partial charge in [-0.05, 0) is 11.1 Å². The van der Waals surface area contributed by atoms with E-state index in [9.17, 15) is 0 Å². The van der Waals surface area contributed by atoms with Gasteiger partial charge in [-0.25, -0.2) is 0 Å². The van der Waals surface area contributed by atoms with Crippen molar-refractivity contribution in [3.8, 4) is 0 Å². The van der Waals surface area contributed by atoms with Gasteiger partial charge in [-0.2, -0.15) is 0 Å². The van der Waals surface area contributed by atoms with Gasteiger partial charge in [0.25, 0.3) is 0 Å². The molecule has 1 rings (SSSR count). The summed E-state index contributed by atoms with van der Waals surface area (Å²) in [5, 5.41) is 0. The molecule has 0 heterocycles. The standard InChI is InChI=1S/C10H10.Li/c1-3-9-7-5-6-8-10(9)4-2;/h3-8H,1-2H2;. The minimum absolute atomic E-state index is 0. The second-order valence-electron chi connectivity index (χ2n) is 2.04.